The van der Waals surface area contributed by atoms with Gasteiger partial charge in [-0.15, -0.1) is 0 Å². The van der Waals surface area contributed by atoms with Gasteiger partial charge >= 0.3 is 6.09 Å². The van der Waals surface area contributed by atoms with Crippen LogP contribution in [0.25, 0.3) is 5.76 Å². The Balaban J connectivity index is 2.40. The Morgan fingerprint density at radius 1 is 1.35 bits per heavy atom. The number of imide groups is 1. The largest absolute Gasteiger partial charge is 0.414 e. The molecule has 2 rings (SSSR count). The van der Waals surface area contributed by atoms with Crippen molar-refractivity contribution in [2.75, 3.05) is 21.1 Å². The molecule has 1 saturated heterocycles. The van der Waals surface area contributed by atoms with Crippen LogP contribution in [0.2, 0.25) is 0 Å². The average Bonchev–Trinajstić information content (AvgIpc) is 2.74. The molecule has 0 aromatic heterocycles. The lowest BCUT2D eigenvalue weighted by Crippen LogP contribution is -2.26. The van der Waals surface area contributed by atoms with Gasteiger partial charge in [0.05, 0.1) is 11.5 Å². The van der Waals surface area contributed by atoms with Crippen LogP contribution in [-0.4, -0.2) is 48.9 Å². The Labute approximate surface area is 133 Å². The van der Waals surface area contributed by atoms with Crippen LogP contribution in [0.15, 0.2) is 30.3 Å². The summed E-state index contributed by atoms with van der Waals surface area (Å²) < 4.78 is 19.2. The van der Waals surface area contributed by atoms with Crippen LogP contribution in [0.3, 0.4) is 0 Å². The minimum Gasteiger partial charge on any atom is -0.410 e. The molecule has 1 aromatic carbocycles. The highest BCUT2D eigenvalue weighted by atomic mass is 19.1. The van der Waals surface area contributed by atoms with Crippen molar-refractivity contribution in [1.29, 1.82) is 0 Å². The van der Waals surface area contributed by atoms with E-state index in [1.54, 1.807) is 6.07 Å². The van der Waals surface area contributed by atoms with Gasteiger partial charge in [-0.1, -0.05) is 12.1 Å². The molecule has 122 valence electrons. The number of ether oxygens (including phenoxy) is 1. The number of likely N-dealkylation sites (tertiary alicyclic amines) is 1. The summed E-state index contributed by atoms with van der Waals surface area (Å²) in [4.78, 5) is 37.6. The van der Waals surface area contributed by atoms with E-state index in [1.807, 2.05) is 0 Å². The van der Waals surface area contributed by atoms with Gasteiger partial charge < -0.3 is 9.64 Å². The van der Waals surface area contributed by atoms with Crippen molar-refractivity contribution in [2.45, 2.75) is 6.42 Å². The van der Waals surface area contributed by atoms with E-state index < -0.39 is 23.7 Å². The second kappa shape index (κ2) is 6.60. The topological polar surface area (TPSA) is 66.9 Å². The number of carbonyl (C=O) groups excluding carboxylic acids is 3. The molecule has 23 heavy (non-hydrogen) atoms. The van der Waals surface area contributed by atoms with E-state index in [1.165, 1.54) is 50.3 Å². The van der Waals surface area contributed by atoms with E-state index in [2.05, 4.69) is 0 Å². The van der Waals surface area contributed by atoms with Crippen LogP contribution in [0.4, 0.5) is 9.18 Å². The third-order valence-corrected chi connectivity index (χ3v) is 3.47. The summed E-state index contributed by atoms with van der Waals surface area (Å²) in [6, 6.07) is 5.75. The molecule has 1 unspecified atom stereocenters. The van der Waals surface area contributed by atoms with Crippen LogP contribution < -0.4 is 0 Å². The smallest absolute Gasteiger partial charge is 0.410 e. The van der Waals surface area contributed by atoms with Gasteiger partial charge in [-0.05, 0) is 18.2 Å². The predicted octanol–water partition coefficient (Wildman–Crippen LogP) is 1.87. The fourth-order valence-electron chi connectivity index (χ4n) is 2.12. The molecular weight excluding hydrogens is 303 g/mol. The Morgan fingerprint density at radius 2 is 2.00 bits per heavy atom. The number of carbonyl (C=O) groups is 3. The first-order valence-electron chi connectivity index (χ1n) is 6.97. The maximum atomic E-state index is 14.0. The highest BCUT2D eigenvalue weighted by Gasteiger charge is 2.35. The number of hydrogen-bond donors (Lipinski definition) is 0. The molecular formula is C16H17FN2O4. The molecule has 3 amide bonds. The first-order valence-corrected chi connectivity index (χ1v) is 6.97. The van der Waals surface area contributed by atoms with Crippen LogP contribution in [0.5, 0.6) is 0 Å². The van der Waals surface area contributed by atoms with Crippen LogP contribution in [0, 0.1) is 11.7 Å². The summed E-state index contributed by atoms with van der Waals surface area (Å²) in [6.45, 7) is 0. The molecule has 1 atom stereocenters. The third-order valence-electron chi connectivity index (χ3n) is 3.47. The minimum absolute atomic E-state index is 0.0349. The predicted molar refractivity (Wildman–Crippen MR) is 80.4 cm³/mol. The van der Waals surface area contributed by atoms with Crippen LogP contribution in [0.1, 0.15) is 12.0 Å². The van der Waals surface area contributed by atoms with Gasteiger partial charge in [0.15, 0.2) is 0 Å². The lowest BCUT2D eigenvalue weighted by atomic mass is 10.0. The monoisotopic (exact) mass is 320 g/mol. The Morgan fingerprint density at radius 3 is 2.52 bits per heavy atom. The standard InChI is InChI=1S/C16H17FN2O4/c1-18(2)16(22)23-13(11-6-4-5-7-12(11)17)8-10-9-14(20)19(3)15(10)21/h4-8,10H,9H2,1-3H3/b13-8-. The van der Waals surface area contributed by atoms with E-state index in [9.17, 15) is 18.8 Å². The van der Waals surface area contributed by atoms with E-state index >= 15 is 0 Å². The molecule has 0 N–H and O–H groups in total. The zero-order chi connectivity index (χ0) is 17.1. The highest BCUT2D eigenvalue weighted by Crippen LogP contribution is 2.27. The highest BCUT2D eigenvalue weighted by molar-refractivity contribution is 6.04. The number of nitrogens with zero attached hydrogens (tertiary/aromatic N) is 2. The summed E-state index contributed by atoms with van der Waals surface area (Å²) >= 11 is 0. The second-order valence-electron chi connectivity index (χ2n) is 5.37. The first kappa shape index (κ1) is 16.7. The Bertz CT molecular complexity index is 684. The van der Waals surface area contributed by atoms with E-state index in [0.29, 0.717) is 0 Å². The second-order valence-corrected chi connectivity index (χ2v) is 5.37. The summed E-state index contributed by atoms with van der Waals surface area (Å²) in [5.74, 6) is -2.19. The molecule has 0 spiro atoms. The number of hydrogen-bond acceptors (Lipinski definition) is 4. The van der Waals surface area contributed by atoms with Crippen LogP contribution >= 0.6 is 0 Å². The van der Waals surface area contributed by atoms with Crippen molar-refractivity contribution in [3.8, 4) is 0 Å². The molecule has 1 aliphatic heterocycles. The zero-order valence-corrected chi connectivity index (χ0v) is 13.1. The number of halogens is 1. The number of amides is 3. The molecule has 6 nitrogen and oxygen atoms in total. The van der Waals surface area contributed by atoms with Gasteiger partial charge in [0.2, 0.25) is 11.8 Å². The third kappa shape index (κ3) is 3.56. The van der Waals surface area contributed by atoms with Gasteiger partial charge in [0.1, 0.15) is 11.6 Å². The van der Waals surface area contributed by atoms with Crippen LogP contribution in [-0.2, 0) is 14.3 Å². The Kier molecular flexibility index (Phi) is 4.78. The average molecular weight is 320 g/mol. The molecule has 1 heterocycles. The quantitative estimate of drug-likeness (QED) is 0.630. The van der Waals surface area contributed by atoms with Gasteiger partial charge in [0.25, 0.3) is 0 Å². The number of benzene rings is 1. The maximum absolute atomic E-state index is 14.0. The van der Waals surface area contributed by atoms with Gasteiger partial charge in [-0.25, -0.2) is 9.18 Å². The van der Waals surface area contributed by atoms with Gasteiger partial charge in [-0.3, -0.25) is 14.5 Å². The fraction of sp³-hybridized carbons (Fsp3) is 0.312. The molecule has 1 aromatic rings. The zero-order valence-electron chi connectivity index (χ0n) is 13.1. The Hall–Kier alpha value is -2.70. The first-order chi connectivity index (χ1) is 10.8. The van der Waals surface area contributed by atoms with Crippen molar-refractivity contribution >= 4 is 23.7 Å². The van der Waals surface area contributed by atoms with Crippen molar-refractivity contribution in [3.63, 3.8) is 0 Å². The van der Waals surface area contributed by atoms with Crippen molar-refractivity contribution in [1.82, 2.24) is 9.80 Å². The summed E-state index contributed by atoms with van der Waals surface area (Å²) in [7, 11) is 4.35. The molecule has 1 fully saturated rings. The normalized spacial score (nSPS) is 18.3. The summed E-state index contributed by atoms with van der Waals surface area (Å²) in [5, 5.41) is 0. The molecule has 1 aliphatic rings. The minimum atomic E-state index is -0.780. The van der Waals surface area contributed by atoms with E-state index in [4.69, 9.17) is 4.74 Å². The van der Waals surface area contributed by atoms with Crippen molar-refractivity contribution < 1.29 is 23.5 Å². The molecule has 7 heteroatoms. The maximum Gasteiger partial charge on any atom is 0.414 e. The lowest BCUT2D eigenvalue weighted by molar-refractivity contribution is -0.137. The van der Waals surface area contributed by atoms with Gasteiger partial charge in [0, 0.05) is 27.6 Å². The molecule has 0 aliphatic carbocycles. The molecule has 0 bridgehead atoms. The number of rotatable bonds is 3. The van der Waals surface area contributed by atoms with Gasteiger partial charge in [-0.2, -0.15) is 0 Å². The summed E-state index contributed by atoms with van der Waals surface area (Å²) in [6.07, 6.45) is 0.584. The van der Waals surface area contributed by atoms with Crippen molar-refractivity contribution in [2.24, 2.45) is 5.92 Å². The van der Waals surface area contributed by atoms with E-state index in [0.717, 1.165) is 4.90 Å². The molecule has 0 saturated carbocycles. The fourth-order valence-corrected chi connectivity index (χ4v) is 2.12. The lowest BCUT2D eigenvalue weighted by Gasteiger charge is -2.15. The van der Waals surface area contributed by atoms with Crippen molar-refractivity contribution in [3.05, 3.63) is 41.7 Å². The molecule has 0 radical (unpaired) electrons. The van der Waals surface area contributed by atoms with E-state index in [-0.39, 0.29) is 23.7 Å². The summed E-state index contributed by atoms with van der Waals surface area (Å²) in [5.41, 5.74) is 0.0532. The SMILES string of the molecule is CN(C)C(=O)O/C(=C\C1CC(=O)N(C)C1=O)c1ccccc1F.